The first-order valence-corrected chi connectivity index (χ1v) is 11.4. The molecule has 35 heavy (non-hydrogen) atoms. The van der Waals surface area contributed by atoms with Crippen molar-refractivity contribution in [1.82, 2.24) is 4.90 Å². The molecule has 5 rings (SSSR count). The summed E-state index contributed by atoms with van der Waals surface area (Å²) in [6.07, 6.45) is -0.0409. The number of ether oxygens (including phenoxy) is 1. The quantitative estimate of drug-likeness (QED) is 0.550. The summed E-state index contributed by atoms with van der Waals surface area (Å²) in [6, 6.07) is 18.6. The average molecular weight is 474 g/mol. The number of anilines is 1. The van der Waals surface area contributed by atoms with Crippen molar-refractivity contribution in [2.75, 3.05) is 18.5 Å². The van der Waals surface area contributed by atoms with Crippen molar-refractivity contribution >= 4 is 23.7 Å². The van der Waals surface area contributed by atoms with Crippen molar-refractivity contribution in [2.24, 2.45) is 0 Å². The highest BCUT2D eigenvalue weighted by Crippen LogP contribution is 2.44. The summed E-state index contributed by atoms with van der Waals surface area (Å²) >= 11 is 0. The number of likely N-dealkylation sites (tertiary alicyclic amines) is 1. The standard InChI is InChI=1S/C27H23FN2O5/c28-22-12-5-11-20(25(31)30-14-6-13-23(30)26(32)33)24(22)29-27(34)35-15-21-18-9-3-1-7-16(18)17-8-2-4-10-19(17)21/h1-5,7-12,21,23H,6,13-15H2,(H,29,34)(H,32,33). The first-order valence-electron chi connectivity index (χ1n) is 11.4. The van der Waals surface area contributed by atoms with Crippen LogP contribution in [0.2, 0.25) is 0 Å². The molecular weight excluding hydrogens is 451 g/mol. The van der Waals surface area contributed by atoms with Gasteiger partial charge in [-0.3, -0.25) is 10.1 Å². The number of rotatable bonds is 5. The number of carbonyl (C=O) groups excluding carboxylic acids is 2. The lowest BCUT2D eigenvalue weighted by Gasteiger charge is -2.23. The monoisotopic (exact) mass is 474 g/mol. The van der Waals surface area contributed by atoms with Crippen LogP contribution in [0.25, 0.3) is 11.1 Å². The molecule has 0 radical (unpaired) electrons. The minimum absolute atomic E-state index is 0.0325. The molecule has 0 bridgehead atoms. The highest BCUT2D eigenvalue weighted by molar-refractivity contribution is 6.04. The van der Waals surface area contributed by atoms with Crippen LogP contribution in [0.5, 0.6) is 0 Å². The largest absolute Gasteiger partial charge is 0.480 e. The van der Waals surface area contributed by atoms with E-state index >= 15 is 0 Å². The number of fused-ring (bicyclic) bond motifs is 3. The van der Waals surface area contributed by atoms with Crippen LogP contribution >= 0.6 is 0 Å². The average Bonchev–Trinajstić information content (AvgIpc) is 3.47. The number of para-hydroxylation sites is 1. The Morgan fingerprint density at radius 1 is 0.971 bits per heavy atom. The van der Waals surface area contributed by atoms with E-state index in [1.165, 1.54) is 17.0 Å². The summed E-state index contributed by atoms with van der Waals surface area (Å²) in [5.74, 6) is -2.74. The fourth-order valence-corrected chi connectivity index (χ4v) is 4.99. The molecule has 3 aromatic carbocycles. The second-order valence-electron chi connectivity index (χ2n) is 8.61. The van der Waals surface area contributed by atoms with E-state index in [1.807, 2.05) is 48.5 Å². The molecule has 7 nitrogen and oxygen atoms in total. The summed E-state index contributed by atoms with van der Waals surface area (Å²) in [4.78, 5) is 38.5. The van der Waals surface area contributed by atoms with Gasteiger partial charge in [-0.1, -0.05) is 54.6 Å². The van der Waals surface area contributed by atoms with Gasteiger partial charge >= 0.3 is 12.1 Å². The Kier molecular flexibility index (Phi) is 5.94. The molecule has 1 saturated heterocycles. The Bertz CT molecular complexity index is 1280. The van der Waals surface area contributed by atoms with E-state index in [2.05, 4.69) is 5.32 Å². The predicted molar refractivity (Wildman–Crippen MR) is 127 cm³/mol. The molecular formula is C27H23FN2O5. The van der Waals surface area contributed by atoms with Crippen molar-refractivity contribution < 1.29 is 28.6 Å². The van der Waals surface area contributed by atoms with Gasteiger partial charge in [0.1, 0.15) is 18.5 Å². The van der Waals surface area contributed by atoms with E-state index in [4.69, 9.17) is 4.74 Å². The van der Waals surface area contributed by atoms with Crippen molar-refractivity contribution in [1.29, 1.82) is 0 Å². The second-order valence-corrected chi connectivity index (χ2v) is 8.61. The number of nitrogens with zero attached hydrogens (tertiary/aromatic N) is 1. The van der Waals surface area contributed by atoms with Gasteiger partial charge in [-0.2, -0.15) is 0 Å². The number of benzene rings is 3. The Hall–Kier alpha value is -4.20. The minimum atomic E-state index is -1.11. The molecule has 0 spiro atoms. The van der Waals surface area contributed by atoms with Crippen LogP contribution in [0.1, 0.15) is 40.2 Å². The summed E-state index contributed by atoms with van der Waals surface area (Å²) < 4.78 is 20.2. The molecule has 2 amide bonds. The van der Waals surface area contributed by atoms with E-state index in [0.717, 1.165) is 28.3 Å². The molecule has 2 N–H and O–H groups in total. The lowest BCUT2D eigenvalue weighted by molar-refractivity contribution is -0.141. The molecule has 1 atom stereocenters. The fourth-order valence-electron chi connectivity index (χ4n) is 4.99. The fraction of sp³-hybridized carbons (Fsp3) is 0.222. The van der Waals surface area contributed by atoms with Crippen molar-refractivity contribution in [2.45, 2.75) is 24.8 Å². The molecule has 3 aromatic rings. The number of carboxylic acids is 1. The van der Waals surface area contributed by atoms with Crippen LogP contribution in [0.3, 0.4) is 0 Å². The number of carbonyl (C=O) groups is 3. The Labute approximate surface area is 201 Å². The third-order valence-electron chi connectivity index (χ3n) is 6.61. The first-order chi connectivity index (χ1) is 17.0. The molecule has 1 fully saturated rings. The number of aliphatic carboxylic acids is 1. The van der Waals surface area contributed by atoms with Gasteiger partial charge in [0.15, 0.2) is 0 Å². The van der Waals surface area contributed by atoms with E-state index in [0.29, 0.717) is 12.8 Å². The highest BCUT2D eigenvalue weighted by atomic mass is 19.1. The van der Waals surface area contributed by atoms with Crippen LogP contribution in [-0.4, -0.2) is 47.2 Å². The summed E-state index contributed by atoms with van der Waals surface area (Å²) in [5.41, 5.74) is 3.79. The normalized spacial score (nSPS) is 16.5. The van der Waals surface area contributed by atoms with Gasteiger partial charge in [-0.05, 0) is 47.2 Å². The summed E-state index contributed by atoms with van der Waals surface area (Å²) in [7, 11) is 0. The van der Waals surface area contributed by atoms with Gasteiger partial charge in [-0.25, -0.2) is 14.0 Å². The zero-order valence-corrected chi connectivity index (χ0v) is 18.7. The number of amides is 2. The minimum Gasteiger partial charge on any atom is -0.480 e. The van der Waals surface area contributed by atoms with Gasteiger partial charge in [0, 0.05) is 12.5 Å². The van der Waals surface area contributed by atoms with Crippen LogP contribution < -0.4 is 5.32 Å². The lowest BCUT2D eigenvalue weighted by atomic mass is 9.98. The SMILES string of the molecule is O=C(Nc1c(F)cccc1C(=O)N1CCCC1C(=O)O)OCC1c2ccccc2-c2ccccc21. The van der Waals surface area contributed by atoms with E-state index in [-0.39, 0.29) is 30.3 Å². The molecule has 8 heteroatoms. The number of halogens is 1. The number of carboxylic acid groups (broad SMARTS) is 1. The molecule has 1 unspecified atom stereocenters. The van der Waals surface area contributed by atoms with Crippen LogP contribution in [0.4, 0.5) is 14.9 Å². The predicted octanol–water partition coefficient (Wildman–Crippen LogP) is 4.88. The van der Waals surface area contributed by atoms with E-state index in [1.54, 1.807) is 0 Å². The van der Waals surface area contributed by atoms with Crippen LogP contribution in [0, 0.1) is 5.82 Å². The Morgan fingerprint density at radius 3 is 2.29 bits per heavy atom. The van der Waals surface area contributed by atoms with Crippen molar-refractivity contribution in [3.05, 3.63) is 89.2 Å². The third kappa shape index (κ3) is 4.12. The number of hydrogen-bond acceptors (Lipinski definition) is 4. The molecule has 1 heterocycles. The maximum atomic E-state index is 14.7. The molecule has 178 valence electrons. The van der Waals surface area contributed by atoms with Crippen molar-refractivity contribution in [3.63, 3.8) is 0 Å². The first kappa shape index (κ1) is 22.6. The smallest absolute Gasteiger partial charge is 0.411 e. The molecule has 2 aliphatic rings. The molecule has 1 aliphatic heterocycles. The second kappa shape index (κ2) is 9.21. The third-order valence-corrected chi connectivity index (χ3v) is 6.61. The lowest BCUT2D eigenvalue weighted by Crippen LogP contribution is -2.40. The molecule has 0 aromatic heterocycles. The number of hydrogen-bond donors (Lipinski definition) is 2. The maximum Gasteiger partial charge on any atom is 0.411 e. The zero-order chi connectivity index (χ0) is 24.5. The van der Waals surface area contributed by atoms with Crippen LogP contribution in [0.15, 0.2) is 66.7 Å². The van der Waals surface area contributed by atoms with Crippen LogP contribution in [-0.2, 0) is 9.53 Å². The van der Waals surface area contributed by atoms with Crippen molar-refractivity contribution in [3.8, 4) is 11.1 Å². The van der Waals surface area contributed by atoms with E-state index < -0.39 is 29.8 Å². The highest BCUT2D eigenvalue weighted by Gasteiger charge is 2.36. The molecule has 1 aliphatic carbocycles. The topological polar surface area (TPSA) is 95.9 Å². The summed E-state index contributed by atoms with van der Waals surface area (Å²) in [6.45, 7) is 0.279. The summed E-state index contributed by atoms with van der Waals surface area (Å²) in [5, 5.41) is 11.8. The zero-order valence-electron chi connectivity index (χ0n) is 18.7. The van der Waals surface area contributed by atoms with Gasteiger partial charge in [0.2, 0.25) is 0 Å². The van der Waals surface area contributed by atoms with Gasteiger partial charge in [0.25, 0.3) is 5.91 Å². The molecule has 0 saturated carbocycles. The maximum absolute atomic E-state index is 14.7. The van der Waals surface area contributed by atoms with Gasteiger partial charge in [0.05, 0.1) is 11.3 Å². The van der Waals surface area contributed by atoms with Gasteiger partial charge < -0.3 is 14.7 Å². The Balaban J connectivity index is 1.34. The van der Waals surface area contributed by atoms with Gasteiger partial charge in [-0.15, -0.1) is 0 Å². The number of nitrogens with one attached hydrogen (secondary N) is 1. The van der Waals surface area contributed by atoms with E-state index in [9.17, 15) is 23.9 Å². The Morgan fingerprint density at radius 2 is 1.63 bits per heavy atom.